The zero-order valence-corrected chi connectivity index (χ0v) is 24.4. The number of para-hydroxylation sites is 2. The molecule has 0 saturated carbocycles. The van der Waals surface area contributed by atoms with Gasteiger partial charge in [-0.3, -0.25) is 0 Å². The fourth-order valence-corrected chi connectivity index (χ4v) is 8.45. The van der Waals surface area contributed by atoms with E-state index in [1.54, 1.807) is 0 Å². The van der Waals surface area contributed by atoms with Crippen LogP contribution in [0.3, 0.4) is 0 Å². The van der Waals surface area contributed by atoms with Crippen molar-refractivity contribution in [2.45, 2.75) is 6.42 Å². The van der Waals surface area contributed by atoms with Crippen molar-refractivity contribution < 1.29 is 0 Å². The Balaban J connectivity index is 1.27. The lowest BCUT2D eigenvalue weighted by Gasteiger charge is -2.15. The number of nitrogens with one attached hydrogen (secondary N) is 1. The standard InChI is InChI=1S/C43H26N2/c1-2-12-27-25(11-1)22-39(29-14-4-3-13-28(27)29)45-38-20-10-8-15-30(38)35-24-34-26(23-40(35)45)21-36-41(34)31-16-5-6-17-32(31)42-33-18-7-9-19-37(33)44-43(36)42/h1-20,22-24,44H,21H2. The van der Waals surface area contributed by atoms with Crippen molar-refractivity contribution in [3.63, 3.8) is 0 Å². The molecule has 0 bridgehead atoms. The van der Waals surface area contributed by atoms with E-state index in [9.17, 15) is 0 Å². The van der Waals surface area contributed by atoms with Gasteiger partial charge in [-0.2, -0.15) is 0 Å². The van der Waals surface area contributed by atoms with Gasteiger partial charge in [0, 0.05) is 38.9 Å². The molecular weight excluding hydrogens is 544 g/mol. The van der Waals surface area contributed by atoms with E-state index in [2.05, 4.69) is 149 Å². The van der Waals surface area contributed by atoms with Gasteiger partial charge in [-0.25, -0.2) is 0 Å². The number of aromatic amines is 1. The highest BCUT2D eigenvalue weighted by Crippen LogP contribution is 2.50. The lowest BCUT2D eigenvalue weighted by Crippen LogP contribution is -1.96. The molecule has 0 saturated heterocycles. The van der Waals surface area contributed by atoms with Gasteiger partial charge in [0.1, 0.15) is 0 Å². The van der Waals surface area contributed by atoms with Crippen LogP contribution in [0.25, 0.3) is 92.7 Å². The smallest absolute Gasteiger partial charge is 0.0546 e. The first-order chi connectivity index (χ1) is 22.3. The molecular formula is C43H26N2. The van der Waals surface area contributed by atoms with Gasteiger partial charge in [0.2, 0.25) is 0 Å². The molecule has 8 aromatic carbocycles. The van der Waals surface area contributed by atoms with Crippen molar-refractivity contribution in [1.29, 1.82) is 0 Å². The Bertz CT molecular complexity index is 2900. The molecule has 2 heteroatoms. The minimum absolute atomic E-state index is 0.911. The van der Waals surface area contributed by atoms with E-state index in [0.29, 0.717) is 0 Å². The Morgan fingerprint density at radius 3 is 2.02 bits per heavy atom. The average Bonchev–Trinajstić information content (AvgIpc) is 3.77. The van der Waals surface area contributed by atoms with Gasteiger partial charge in [-0.1, -0.05) is 109 Å². The van der Waals surface area contributed by atoms with Crippen molar-refractivity contribution in [2.24, 2.45) is 0 Å². The molecule has 208 valence electrons. The summed E-state index contributed by atoms with van der Waals surface area (Å²) >= 11 is 0. The third kappa shape index (κ3) is 2.99. The van der Waals surface area contributed by atoms with E-state index in [0.717, 1.165) is 6.42 Å². The second-order valence-electron chi connectivity index (χ2n) is 12.5. The van der Waals surface area contributed by atoms with Gasteiger partial charge < -0.3 is 9.55 Å². The monoisotopic (exact) mass is 570 g/mol. The number of H-pyrrole nitrogens is 1. The number of rotatable bonds is 1. The molecule has 0 aliphatic heterocycles. The largest absolute Gasteiger partial charge is 0.354 e. The lowest BCUT2D eigenvalue weighted by molar-refractivity contribution is 1.19. The van der Waals surface area contributed by atoms with E-state index >= 15 is 0 Å². The summed E-state index contributed by atoms with van der Waals surface area (Å²) < 4.78 is 2.51. The molecule has 10 aromatic rings. The van der Waals surface area contributed by atoms with Crippen LogP contribution >= 0.6 is 0 Å². The summed E-state index contributed by atoms with van der Waals surface area (Å²) in [4.78, 5) is 3.84. The van der Waals surface area contributed by atoms with Crippen LogP contribution in [0.5, 0.6) is 0 Å². The zero-order valence-electron chi connectivity index (χ0n) is 24.4. The first-order valence-corrected chi connectivity index (χ1v) is 15.7. The SMILES string of the molecule is c1ccc2c(c1)cc(-n1c3ccccc3c3cc4c(cc31)Cc1c-4c3ccccc3c3c1[nH]c1ccccc13)c1ccccc12. The molecule has 1 aliphatic rings. The van der Waals surface area contributed by atoms with Crippen LogP contribution in [0.2, 0.25) is 0 Å². The van der Waals surface area contributed by atoms with Gasteiger partial charge >= 0.3 is 0 Å². The Labute approximate surface area is 258 Å². The summed E-state index contributed by atoms with van der Waals surface area (Å²) in [5.41, 5.74) is 11.8. The Morgan fingerprint density at radius 2 is 1.16 bits per heavy atom. The van der Waals surface area contributed by atoms with Crippen molar-refractivity contribution in [3.8, 4) is 16.8 Å². The van der Waals surface area contributed by atoms with Gasteiger partial charge in [-0.05, 0) is 79.5 Å². The molecule has 0 amide bonds. The quantitative estimate of drug-likeness (QED) is 0.190. The fourth-order valence-electron chi connectivity index (χ4n) is 8.45. The summed E-state index contributed by atoms with van der Waals surface area (Å²) in [6.07, 6.45) is 0.911. The van der Waals surface area contributed by atoms with E-state index in [4.69, 9.17) is 0 Å². The summed E-state index contributed by atoms with van der Waals surface area (Å²) in [7, 11) is 0. The molecule has 11 rings (SSSR count). The average molecular weight is 571 g/mol. The maximum absolute atomic E-state index is 3.84. The molecule has 2 aromatic heterocycles. The predicted octanol–water partition coefficient (Wildman–Crippen LogP) is 11.4. The molecule has 45 heavy (non-hydrogen) atoms. The van der Waals surface area contributed by atoms with Crippen molar-refractivity contribution in [1.82, 2.24) is 9.55 Å². The first kappa shape index (κ1) is 23.6. The van der Waals surface area contributed by atoms with Gasteiger partial charge in [0.05, 0.1) is 22.2 Å². The second kappa shape index (κ2) is 8.40. The van der Waals surface area contributed by atoms with E-state index < -0.39 is 0 Å². The number of aromatic nitrogens is 2. The number of hydrogen-bond donors (Lipinski definition) is 1. The van der Waals surface area contributed by atoms with Crippen molar-refractivity contribution >= 4 is 75.9 Å². The van der Waals surface area contributed by atoms with Gasteiger partial charge in [0.25, 0.3) is 0 Å². The fraction of sp³-hybridized carbons (Fsp3) is 0.0233. The minimum Gasteiger partial charge on any atom is -0.354 e. The van der Waals surface area contributed by atoms with Crippen LogP contribution in [0.15, 0.2) is 140 Å². The topological polar surface area (TPSA) is 20.7 Å². The molecule has 0 atom stereocenters. The molecule has 1 N–H and O–H groups in total. The molecule has 0 fully saturated rings. The molecule has 0 unspecified atom stereocenters. The van der Waals surface area contributed by atoms with Gasteiger partial charge in [-0.15, -0.1) is 0 Å². The summed E-state index contributed by atoms with van der Waals surface area (Å²) in [5, 5.41) is 13.0. The molecule has 1 aliphatic carbocycles. The molecule has 0 spiro atoms. The van der Waals surface area contributed by atoms with Crippen LogP contribution in [0.1, 0.15) is 11.1 Å². The first-order valence-electron chi connectivity index (χ1n) is 15.7. The van der Waals surface area contributed by atoms with Crippen molar-refractivity contribution in [2.75, 3.05) is 0 Å². The maximum atomic E-state index is 3.84. The summed E-state index contributed by atoms with van der Waals surface area (Å²) in [6, 6.07) is 51.6. The Kier molecular flexibility index (Phi) is 4.40. The normalized spacial score (nSPS) is 12.8. The maximum Gasteiger partial charge on any atom is 0.0546 e. The van der Waals surface area contributed by atoms with E-state index in [1.807, 2.05) is 0 Å². The Hall–Kier alpha value is -5.86. The highest BCUT2D eigenvalue weighted by Gasteiger charge is 2.28. The van der Waals surface area contributed by atoms with Gasteiger partial charge in [0.15, 0.2) is 0 Å². The van der Waals surface area contributed by atoms with E-state index in [-0.39, 0.29) is 0 Å². The molecule has 0 radical (unpaired) electrons. The number of hydrogen-bond acceptors (Lipinski definition) is 0. The highest BCUT2D eigenvalue weighted by atomic mass is 15.0. The van der Waals surface area contributed by atoms with Crippen molar-refractivity contribution in [3.05, 3.63) is 151 Å². The second-order valence-corrected chi connectivity index (χ2v) is 12.5. The van der Waals surface area contributed by atoms with Crippen LogP contribution in [-0.4, -0.2) is 9.55 Å². The number of nitrogens with zero attached hydrogens (tertiary/aromatic N) is 1. The predicted molar refractivity (Wildman–Crippen MR) is 191 cm³/mol. The zero-order chi connectivity index (χ0) is 29.2. The van der Waals surface area contributed by atoms with Crippen LogP contribution in [-0.2, 0) is 6.42 Å². The number of benzene rings is 8. The van der Waals surface area contributed by atoms with Crippen LogP contribution in [0.4, 0.5) is 0 Å². The van der Waals surface area contributed by atoms with Crippen LogP contribution in [0, 0.1) is 0 Å². The van der Waals surface area contributed by atoms with Crippen LogP contribution < -0.4 is 0 Å². The molecule has 2 nitrogen and oxygen atoms in total. The van der Waals surface area contributed by atoms with E-state index in [1.165, 1.54) is 104 Å². The Morgan fingerprint density at radius 1 is 0.489 bits per heavy atom. The third-order valence-electron chi connectivity index (χ3n) is 10.3. The summed E-state index contributed by atoms with van der Waals surface area (Å²) in [6.45, 7) is 0. The lowest BCUT2D eigenvalue weighted by atomic mass is 9.93. The highest BCUT2D eigenvalue weighted by molar-refractivity contribution is 6.26. The number of fused-ring (bicyclic) bond motifs is 16. The summed E-state index contributed by atoms with van der Waals surface area (Å²) in [5.74, 6) is 0. The molecule has 2 heterocycles. The minimum atomic E-state index is 0.911. The third-order valence-corrected chi connectivity index (χ3v) is 10.3.